The maximum absolute atomic E-state index is 13.4. The number of carbonyl (C=O) groups is 1. The van der Waals surface area contributed by atoms with Crippen molar-refractivity contribution in [1.82, 2.24) is 5.32 Å². The largest absolute Gasteiger partial charge is 0.394 e. The fourth-order valence-corrected chi connectivity index (χ4v) is 12.0. The van der Waals surface area contributed by atoms with E-state index in [4.69, 9.17) is 28.4 Å². The van der Waals surface area contributed by atoms with Crippen molar-refractivity contribution < 1.29 is 89.4 Å². The molecule has 19 heteroatoms. The Morgan fingerprint density at radius 1 is 0.389 bits per heavy atom. The van der Waals surface area contributed by atoms with Crippen LogP contribution in [0.1, 0.15) is 264 Å². The van der Waals surface area contributed by atoms with Crippen molar-refractivity contribution in [2.24, 2.45) is 0 Å². The highest BCUT2D eigenvalue weighted by molar-refractivity contribution is 5.76. The van der Waals surface area contributed by atoms with E-state index in [-0.39, 0.29) is 18.9 Å². The second-order valence-corrected chi connectivity index (χ2v) is 25.7. The Morgan fingerprint density at radius 3 is 1.12 bits per heavy atom. The predicted molar refractivity (Wildman–Crippen MR) is 351 cm³/mol. The molecule has 3 saturated heterocycles. The van der Waals surface area contributed by atoms with Gasteiger partial charge in [-0.1, -0.05) is 236 Å². The Hall–Kier alpha value is -2.25. The van der Waals surface area contributed by atoms with Gasteiger partial charge in [-0.05, 0) is 70.6 Å². The van der Waals surface area contributed by atoms with Gasteiger partial charge in [-0.15, -0.1) is 0 Å². The van der Waals surface area contributed by atoms with Gasteiger partial charge in [0.15, 0.2) is 18.9 Å². The molecule has 19 nitrogen and oxygen atoms in total. The first-order chi connectivity index (χ1) is 43.8. The third-order valence-electron chi connectivity index (χ3n) is 17.8. The predicted octanol–water partition coefficient (Wildman–Crippen LogP) is 9.78. The topological polar surface area (TPSA) is 307 Å². The summed E-state index contributed by atoms with van der Waals surface area (Å²) in [5.74, 6) is -0.287. The molecular weight excluding hydrogens is 1150 g/mol. The molecular formula is C71H129NO18. The van der Waals surface area contributed by atoms with E-state index in [9.17, 15) is 61.0 Å². The fraction of sp³-hybridized carbons (Fsp3) is 0.873. The Labute approximate surface area is 542 Å². The highest BCUT2D eigenvalue weighted by Crippen LogP contribution is 2.33. The zero-order valence-electron chi connectivity index (χ0n) is 55.6. The highest BCUT2D eigenvalue weighted by Gasteiger charge is 2.53. The number of aliphatic hydroxyl groups excluding tert-OH is 11. The molecule has 0 bridgehead atoms. The Kier molecular flexibility index (Phi) is 48.2. The standard InChI is InChI=1S/C71H129NO18/c1-3-5-7-9-11-13-15-17-19-20-21-22-23-24-25-26-27-28-29-30-31-32-33-34-35-37-39-41-43-45-47-49-59(77)72-54(55(76)48-46-44-42-40-38-36-18-16-14-12-10-8-6-4-2)53-85-69-65(83)62(80)67(57(51-74)87-69)90-71-66(84)63(81)68(58(52-75)88-71)89-70-64(82)61(79)60(78)56(50-73)86-70/h14,16,20-21,38,40,46,48,54-58,60-71,73-76,78-84H,3-13,15,17-19,22-37,39,41-45,47,49-53H2,1-2H3,(H,72,77)/b16-14+,21-20-,40-38+,48-46+. The summed E-state index contributed by atoms with van der Waals surface area (Å²) >= 11 is 0. The van der Waals surface area contributed by atoms with Gasteiger partial charge in [0.2, 0.25) is 5.91 Å². The summed E-state index contributed by atoms with van der Waals surface area (Å²) < 4.78 is 34.3. The van der Waals surface area contributed by atoms with Gasteiger partial charge >= 0.3 is 0 Å². The number of aliphatic hydroxyl groups is 11. The number of unbranched alkanes of at least 4 members (excludes halogenated alkanes) is 33. The first-order valence-electron chi connectivity index (χ1n) is 35.9. The monoisotopic (exact) mass is 1280 g/mol. The first-order valence-corrected chi connectivity index (χ1v) is 35.9. The number of nitrogens with one attached hydrogen (secondary N) is 1. The van der Waals surface area contributed by atoms with Crippen molar-refractivity contribution in [3.05, 3.63) is 48.6 Å². The summed E-state index contributed by atoms with van der Waals surface area (Å²) in [4.78, 5) is 13.4. The van der Waals surface area contributed by atoms with Crippen LogP contribution in [0, 0.1) is 0 Å². The number of hydrogen-bond acceptors (Lipinski definition) is 18. The molecule has 0 radical (unpaired) electrons. The van der Waals surface area contributed by atoms with Gasteiger partial charge in [-0.3, -0.25) is 4.79 Å². The molecule has 0 aromatic rings. The minimum atomic E-state index is -1.98. The van der Waals surface area contributed by atoms with Crippen molar-refractivity contribution in [3.8, 4) is 0 Å². The molecule has 17 atom stereocenters. The molecule has 90 heavy (non-hydrogen) atoms. The van der Waals surface area contributed by atoms with Crippen molar-refractivity contribution in [2.75, 3.05) is 26.4 Å². The van der Waals surface area contributed by atoms with Crippen molar-refractivity contribution in [3.63, 3.8) is 0 Å². The third-order valence-corrected chi connectivity index (χ3v) is 17.8. The summed E-state index contributed by atoms with van der Waals surface area (Å²) in [6.45, 7) is 1.69. The van der Waals surface area contributed by atoms with Crippen LogP contribution < -0.4 is 5.32 Å². The quantitative estimate of drug-likeness (QED) is 0.0199. The van der Waals surface area contributed by atoms with Crippen LogP contribution in [0.4, 0.5) is 0 Å². The number of hydrogen-bond donors (Lipinski definition) is 12. The number of amides is 1. The van der Waals surface area contributed by atoms with E-state index < -0.39 is 124 Å². The summed E-state index contributed by atoms with van der Waals surface area (Å²) in [6, 6.07) is -0.995. The van der Waals surface area contributed by atoms with Gasteiger partial charge in [0, 0.05) is 6.42 Å². The van der Waals surface area contributed by atoms with Gasteiger partial charge in [-0.25, -0.2) is 0 Å². The SMILES string of the molecule is CCCCCC/C=C/CC/C=C/CC/C=C/C(O)C(COC1OC(CO)C(OC2OC(CO)C(OC3OC(CO)C(O)C(O)C3O)C(O)C2O)C(O)C1O)NC(=O)CCCCCCCCCCCCCCCCCCCCC/C=C\CCCCCCCCCC. The second kappa shape index (κ2) is 53.0. The minimum absolute atomic E-state index is 0.234. The normalized spacial score (nSPS) is 28.3. The summed E-state index contributed by atoms with van der Waals surface area (Å²) in [6.07, 6.45) is 36.9. The van der Waals surface area contributed by atoms with Crippen LogP contribution in [0.25, 0.3) is 0 Å². The van der Waals surface area contributed by atoms with Crippen molar-refractivity contribution >= 4 is 5.91 Å². The second-order valence-electron chi connectivity index (χ2n) is 25.7. The molecule has 526 valence electrons. The van der Waals surface area contributed by atoms with Crippen LogP contribution in [0.15, 0.2) is 48.6 Å². The Bertz CT molecular complexity index is 1820. The van der Waals surface area contributed by atoms with Gasteiger partial charge in [-0.2, -0.15) is 0 Å². The number of allylic oxidation sites excluding steroid dienone is 7. The van der Waals surface area contributed by atoms with Crippen LogP contribution in [-0.4, -0.2) is 193 Å². The lowest BCUT2D eigenvalue weighted by molar-refractivity contribution is -0.379. The van der Waals surface area contributed by atoms with E-state index in [0.717, 1.165) is 44.9 Å². The summed E-state index contributed by atoms with van der Waals surface area (Å²) in [5.41, 5.74) is 0. The van der Waals surface area contributed by atoms with Crippen LogP contribution in [0.3, 0.4) is 0 Å². The number of rotatable bonds is 55. The molecule has 3 aliphatic heterocycles. The highest BCUT2D eigenvalue weighted by atomic mass is 16.8. The number of ether oxygens (including phenoxy) is 6. The van der Waals surface area contributed by atoms with E-state index in [1.165, 1.54) is 186 Å². The van der Waals surface area contributed by atoms with Crippen LogP contribution in [-0.2, 0) is 33.2 Å². The fourth-order valence-electron chi connectivity index (χ4n) is 12.0. The van der Waals surface area contributed by atoms with Crippen LogP contribution >= 0.6 is 0 Å². The maximum Gasteiger partial charge on any atom is 0.220 e. The number of carbonyl (C=O) groups excluding carboxylic acids is 1. The van der Waals surface area contributed by atoms with E-state index in [1.54, 1.807) is 6.08 Å². The zero-order valence-corrected chi connectivity index (χ0v) is 55.6. The molecule has 1 amide bonds. The Balaban J connectivity index is 1.37. The van der Waals surface area contributed by atoms with E-state index >= 15 is 0 Å². The lowest BCUT2D eigenvalue weighted by Gasteiger charge is -2.48. The lowest BCUT2D eigenvalue weighted by atomic mass is 9.96. The Morgan fingerprint density at radius 2 is 0.711 bits per heavy atom. The average Bonchev–Trinajstić information content (AvgIpc) is 0.995. The van der Waals surface area contributed by atoms with Gasteiger partial charge in [0.1, 0.15) is 73.2 Å². The van der Waals surface area contributed by atoms with Crippen molar-refractivity contribution in [1.29, 1.82) is 0 Å². The van der Waals surface area contributed by atoms with Crippen molar-refractivity contribution in [2.45, 2.75) is 369 Å². The summed E-state index contributed by atoms with van der Waals surface area (Å²) in [5, 5.41) is 120. The molecule has 0 saturated carbocycles. The average molecular weight is 1280 g/mol. The van der Waals surface area contributed by atoms with Crippen LogP contribution in [0.2, 0.25) is 0 Å². The molecule has 12 N–H and O–H groups in total. The molecule has 3 fully saturated rings. The van der Waals surface area contributed by atoms with Crippen LogP contribution in [0.5, 0.6) is 0 Å². The maximum atomic E-state index is 13.4. The molecule has 0 spiro atoms. The molecule has 0 aromatic heterocycles. The smallest absolute Gasteiger partial charge is 0.220 e. The van der Waals surface area contributed by atoms with E-state index in [0.29, 0.717) is 12.8 Å². The summed E-state index contributed by atoms with van der Waals surface area (Å²) in [7, 11) is 0. The molecule has 3 aliphatic rings. The molecule has 17 unspecified atom stereocenters. The van der Waals surface area contributed by atoms with Gasteiger partial charge in [0.05, 0.1) is 38.6 Å². The van der Waals surface area contributed by atoms with Gasteiger partial charge < -0.3 is 89.9 Å². The van der Waals surface area contributed by atoms with E-state index in [2.05, 4.69) is 55.6 Å². The van der Waals surface area contributed by atoms with Gasteiger partial charge in [0.25, 0.3) is 0 Å². The first kappa shape index (κ1) is 82.0. The molecule has 3 heterocycles. The molecule has 0 aromatic carbocycles. The lowest BCUT2D eigenvalue weighted by Crippen LogP contribution is -2.66. The molecule has 0 aliphatic carbocycles. The third kappa shape index (κ3) is 34.4. The zero-order chi connectivity index (χ0) is 65.4. The minimum Gasteiger partial charge on any atom is -0.394 e. The molecule has 3 rings (SSSR count). The van der Waals surface area contributed by atoms with E-state index in [1.807, 2.05) is 6.08 Å².